The minimum atomic E-state index is -4.18. The van der Waals surface area contributed by atoms with Crippen molar-refractivity contribution in [3.63, 3.8) is 0 Å². The van der Waals surface area contributed by atoms with Gasteiger partial charge < -0.3 is 9.32 Å². The van der Waals surface area contributed by atoms with Crippen LogP contribution in [-0.2, 0) is 10.0 Å². The van der Waals surface area contributed by atoms with Crippen molar-refractivity contribution in [2.45, 2.75) is 11.8 Å². The summed E-state index contributed by atoms with van der Waals surface area (Å²) < 4.78 is 59.1. The molecule has 0 saturated carbocycles. The van der Waals surface area contributed by atoms with E-state index in [1.54, 1.807) is 18.2 Å². The number of halogens is 2. The van der Waals surface area contributed by atoms with Gasteiger partial charge in [0.05, 0.1) is 5.39 Å². The Morgan fingerprint density at radius 3 is 2.39 bits per heavy atom. The van der Waals surface area contributed by atoms with Gasteiger partial charge in [0.2, 0.25) is 10.0 Å². The zero-order chi connectivity index (χ0) is 22.3. The Morgan fingerprint density at radius 2 is 1.71 bits per heavy atom. The number of hydrogen-bond donors (Lipinski definition) is 0. The quantitative estimate of drug-likeness (QED) is 0.615. The largest absolute Gasteiger partial charge is 0.451 e. The zero-order valence-electron chi connectivity index (χ0n) is 16.5. The number of carbonyl (C=O) groups is 1. The summed E-state index contributed by atoms with van der Waals surface area (Å²) >= 11 is 0. The first-order chi connectivity index (χ1) is 14.7. The maximum Gasteiger partial charge on any atom is 0.289 e. The minimum absolute atomic E-state index is 0.0243. The van der Waals surface area contributed by atoms with E-state index in [0.29, 0.717) is 11.5 Å². The lowest BCUT2D eigenvalue weighted by Gasteiger charge is -2.33. The molecule has 2 heterocycles. The molecule has 1 aliphatic heterocycles. The van der Waals surface area contributed by atoms with Gasteiger partial charge in [-0.15, -0.1) is 0 Å². The molecule has 1 fully saturated rings. The summed E-state index contributed by atoms with van der Waals surface area (Å²) in [4.78, 5) is 25.9. The molecule has 0 bridgehead atoms. The highest BCUT2D eigenvalue weighted by atomic mass is 32.2. The summed E-state index contributed by atoms with van der Waals surface area (Å²) in [6.07, 6.45) is 0. The standard InChI is InChI=1S/C21H18F2N2O5S/c1-13-2-4-18-15(10-13)17(26)12-19(30-18)21(27)24-6-8-25(9-7-24)31(28,29)20-5-3-14(22)11-16(20)23/h2-5,10-12H,6-9H2,1H3. The van der Waals surface area contributed by atoms with Crippen molar-refractivity contribution >= 4 is 26.9 Å². The lowest BCUT2D eigenvalue weighted by molar-refractivity contribution is 0.0666. The van der Waals surface area contributed by atoms with Crippen LogP contribution in [0.3, 0.4) is 0 Å². The second kappa shape index (κ2) is 7.86. The fraction of sp³-hybridized carbons (Fsp3) is 0.238. The summed E-state index contributed by atoms with van der Waals surface area (Å²) in [5.74, 6) is -2.72. The Bertz CT molecular complexity index is 1350. The summed E-state index contributed by atoms with van der Waals surface area (Å²) in [6, 6.07) is 8.44. The van der Waals surface area contributed by atoms with Gasteiger partial charge in [-0.3, -0.25) is 9.59 Å². The van der Waals surface area contributed by atoms with Crippen molar-refractivity contribution in [3.05, 3.63) is 75.6 Å². The number of aryl methyl sites for hydroxylation is 1. The minimum Gasteiger partial charge on any atom is -0.451 e. The van der Waals surface area contributed by atoms with Gasteiger partial charge >= 0.3 is 0 Å². The molecule has 0 atom stereocenters. The number of nitrogens with zero attached hydrogens (tertiary/aromatic N) is 2. The number of rotatable bonds is 3. The molecule has 10 heteroatoms. The van der Waals surface area contributed by atoms with Crippen molar-refractivity contribution in [3.8, 4) is 0 Å². The van der Waals surface area contributed by atoms with Crippen LogP contribution in [0.5, 0.6) is 0 Å². The van der Waals surface area contributed by atoms with E-state index >= 15 is 0 Å². The maximum absolute atomic E-state index is 14.0. The number of carbonyl (C=O) groups excluding carboxylic acids is 1. The fourth-order valence-corrected chi connectivity index (χ4v) is 4.95. The molecule has 1 saturated heterocycles. The first-order valence-corrected chi connectivity index (χ1v) is 10.9. The Kier molecular flexibility index (Phi) is 5.36. The molecule has 1 aromatic heterocycles. The lowest BCUT2D eigenvalue weighted by atomic mass is 10.1. The average Bonchev–Trinajstić information content (AvgIpc) is 2.73. The number of fused-ring (bicyclic) bond motifs is 1. The summed E-state index contributed by atoms with van der Waals surface area (Å²) in [5.41, 5.74) is 0.824. The van der Waals surface area contributed by atoms with Gasteiger partial charge in [0, 0.05) is 38.3 Å². The van der Waals surface area contributed by atoms with Crippen LogP contribution in [0.1, 0.15) is 16.1 Å². The third kappa shape index (κ3) is 3.96. The highest BCUT2D eigenvalue weighted by molar-refractivity contribution is 7.89. The summed E-state index contributed by atoms with van der Waals surface area (Å²) in [5, 5.41) is 0.369. The van der Waals surface area contributed by atoms with E-state index < -0.39 is 32.5 Å². The monoisotopic (exact) mass is 448 g/mol. The van der Waals surface area contributed by atoms with E-state index in [0.717, 1.165) is 28.1 Å². The van der Waals surface area contributed by atoms with Gasteiger partial charge in [-0.25, -0.2) is 17.2 Å². The van der Waals surface area contributed by atoms with E-state index in [2.05, 4.69) is 0 Å². The smallest absolute Gasteiger partial charge is 0.289 e. The van der Waals surface area contributed by atoms with Gasteiger partial charge in [0.1, 0.15) is 22.1 Å². The van der Waals surface area contributed by atoms with Crippen LogP contribution in [0, 0.1) is 18.6 Å². The number of hydrogen-bond acceptors (Lipinski definition) is 5. The number of piperazine rings is 1. The molecule has 2 aromatic carbocycles. The second-order valence-electron chi connectivity index (χ2n) is 7.25. The Hall–Kier alpha value is -3.11. The highest BCUT2D eigenvalue weighted by Gasteiger charge is 2.33. The third-order valence-corrected chi connectivity index (χ3v) is 7.06. The second-order valence-corrected chi connectivity index (χ2v) is 9.15. The molecule has 1 amide bonds. The summed E-state index contributed by atoms with van der Waals surface area (Å²) in [6.45, 7) is 1.72. The number of sulfonamides is 1. The molecule has 162 valence electrons. The van der Waals surface area contributed by atoms with E-state index in [9.17, 15) is 26.8 Å². The predicted molar refractivity (Wildman–Crippen MR) is 108 cm³/mol. The number of amides is 1. The van der Waals surface area contributed by atoms with E-state index in [4.69, 9.17) is 4.42 Å². The summed E-state index contributed by atoms with van der Waals surface area (Å²) in [7, 11) is -4.18. The van der Waals surface area contributed by atoms with Gasteiger partial charge in [0.25, 0.3) is 5.91 Å². The van der Waals surface area contributed by atoms with Crippen LogP contribution >= 0.6 is 0 Å². The molecule has 0 unspecified atom stereocenters. The Balaban J connectivity index is 1.52. The van der Waals surface area contributed by atoms with Crippen LogP contribution in [0.25, 0.3) is 11.0 Å². The van der Waals surface area contributed by atoms with Crippen LogP contribution in [0.2, 0.25) is 0 Å². The van der Waals surface area contributed by atoms with Crippen molar-refractivity contribution in [2.75, 3.05) is 26.2 Å². The average molecular weight is 448 g/mol. The topological polar surface area (TPSA) is 87.9 Å². The van der Waals surface area contributed by atoms with Crippen LogP contribution < -0.4 is 5.43 Å². The molecule has 1 aliphatic rings. The van der Waals surface area contributed by atoms with Gasteiger partial charge in [0.15, 0.2) is 11.2 Å². The molecule has 0 spiro atoms. The van der Waals surface area contributed by atoms with Crippen molar-refractivity contribution in [1.82, 2.24) is 9.21 Å². The zero-order valence-corrected chi connectivity index (χ0v) is 17.3. The molecule has 3 aromatic rings. The lowest BCUT2D eigenvalue weighted by Crippen LogP contribution is -2.50. The molecule has 4 rings (SSSR count). The molecular weight excluding hydrogens is 430 g/mol. The van der Waals surface area contributed by atoms with E-state index in [1.807, 2.05) is 6.92 Å². The molecule has 31 heavy (non-hydrogen) atoms. The normalized spacial score (nSPS) is 15.4. The molecule has 7 nitrogen and oxygen atoms in total. The van der Waals surface area contributed by atoms with Gasteiger partial charge in [-0.2, -0.15) is 4.31 Å². The van der Waals surface area contributed by atoms with E-state index in [-0.39, 0.29) is 43.0 Å². The Morgan fingerprint density at radius 1 is 1.00 bits per heavy atom. The first kappa shape index (κ1) is 21.1. The predicted octanol–water partition coefficient (Wildman–Crippen LogP) is 2.53. The van der Waals surface area contributed by atoms with Crippen molar-refractivity contribution in [2.24, 2.45) is 0 Å². The first-order valence-electron chi connectivity index (χ1n) is 9.46. The fourth-order valence-electron chi connectivity index (χ4n) is 3.49. The highest BCUT2D eigenvalue weighted by Crippen LogP contribution is 2.22. The van der Waals surface area contributed by atoms with Crippen LogP contribution in [0.15, 0.2) is 56.6 Å². The maximum atomic E-state index is 14.0. The van der Waals surface area contributed by atoms with E-state index in [1.165, 1.54) is 4.90 Å². The van der Waals surface area contributed by atoms with Gasteiger partial charge in [-0.05, 0) is 31.2 Å². The molecule has 0 radical (unpaired) electrons. The molecular formula is C21H18F2N2O5S. The van der Waals surface area contributed by atoms with Crippen LogP contribution in [0.4, 0.5) is 8.78 Å². The SMILES string of the molecule is Cc1ccc2oc(C(=O)N3CCN(S(=O)(=O)c4ccc(F)cc4F)CC3)cc(=O)c2c1. The Labute approximate surface area is 176 Å². The number of benzene rings is 2. The van der Waals surface area contributed by atoms with Crippen LogP contribution in [-0.4, -0.2) is 49.7 Å². The third-order valence-electron chi connectivity index (χ3n) is 5.13. The van der Waals surface area contributed by atoms with Crippen molar-refractivity contribution in [1.29, 1.82) is 0 Å². The van der Waals surface area contributed by atoms with Crippen molar-refractivity contribution < 1.29 is 26.4 Å². The molecule has 0 aliphatic carbocycles. The van der Waals surface area contributed by atoms with Gasteiger partial charge in [-0.1, -0.05) is 11.6 Å². The molecule has 0 N–H and O–H groups in total.